The monoisotopic (exact) mass is 339 g/mol. The molecule has 0 spiro atoms. The minimum absolute atomic E-state index is 0.0730. The summed E-state index contributed by atoms with van der Waals surface area (Å²) in [6.45, 7) is 4.88. The van der Waals surface area contributed by atoms with Crippen LogP contribution in [-0.4, -0.2) is 9.49 Å². The van der Waals surface area contributed by atoms with Crippen molar-refractivity contribution in [2.24, 2.45) is 4.99 Å². The zero-order chi connectivity index (χ0) is 17.1. The summed E-state index contributed by atoms with van der Waals surface area (Å²) in [6, 6.07) is 14.7. The largest absolute Gasteiger partial charge is 0.317 e. The Morgan fingerprint density at radius 2 is 1.75 bits per heavy atom. The van der Waals surface area contributed by atoms with E-state index in [-0.39, 0.29) is 5.69 Å². The van der Waals surface area contributed by atoms with Crippen molar-refractivity contribution >= 4 is 22.7 Å². The van der Waals surface area contributed by atoms with Crippen molar-refractivity contribution < 1.29 is 4.92 Å². The van der Waals surface area contributed by atoms with Gasteiger partial charge in [0.2, 0.25) is 0 Å². The molecular formula is C18H17N3O2S. The van der Waals surface area contributed by atoms with Gasteiger partial charge in [0.15, 0.2) is 4.80 Å². The molecule has 0 N–H and O–H groups in total. The molecule has 0 bridgehead atoms. The minimum atomic E-state index is -0.406. The Hall–Kier alpha value is -2.73. The van der Waals surface area contributed by atoms with E-state index >= 15 is 0 Å². The molecule has 0 aliphatic carbocycles. The number of hydrogen-bond donors (Lipinski definition) is 0. The van der Waals surface area contributed by atoms with Crippen LogP contribution in [0.25, 0.3) is 0 Å². The summed E-state index contributed by atoms with van der Waals surface area (Å²) in [7, 11) is 0. The van der Waals surface area contributed by atoms with E-state index in [0.29, 0.717) is 5.69 Å². The van der Waals surface area contributed by atoms with Gasteiger partial charge in [-0.05, 0) is 31.5 Å². The fourth-order valence-electron chi connectivity index (χ4n) is 2.33. The van der Waals surface area contributed by atoms with Gasteiger partial charge in [-0.15, -0.1) is 11.3 Å². The number of non-ortho nitro benzene ring substituents is 1. The number of nitro benzene ring substituents is 1. The zero-order valence-corrected chi connectivity index (χ0v) is 14.3. The van der Waals surface area contributed by atoms with Crippen LogP contribution in [0.2, 0.25) is 0 Å². The summed E-state index contributed by atoms with van der Waals surface area (Å²) >= 11 is 1.57. The number of nitrogens with zero attached hydrogens (tertiary/aromatic N) is 3. The van der Waals surface area contributed by atoms with Crippen LogP contribution in [0.1, 0.15) is 16.8 Å². The van der Waals surface area contributed by atoms with E-state index in [1.54, 1.807) is 23.5 Å². The van der Waals surface area contributed by atoms with Crippen LogP contribution in [-0.2, 0) is 6.54 Å². The molecule has 0 atom stereocenters. The lowest BCUT2D eigenvalue weighted by Gasteiger charge is -2.06. The van der Waals surface area contributed by atoms with Gasteiger partial charge >= 0.3 is 0 Å². The van der Waals surface area contributed by atoms with Crippen LogP contribution in [0.5, 0.6) is 0 Å². The first-order chi connectivity index (χ1) is 11.5. The molecule has 0 aliphatic heterocycles. The normalized spacial score (nSPS) is 11.7. The molecule has 5 nitrogen and oxygen atoms in total. The molecule has 3 rings (SSSR count). The molecule has 0 aliphatic rings. The Bertz CT molecular complexity index is 922. The van der Waals surface area contributed by atoms with Crippen LogP contribution in [0, 0.1) is 24.0 Å². The van der Waals surface area contributed by atoms with Crippen LogP contribution in [0.4, 0.5) is 11.4 Å². The SMILES string of the molecule is Cc1ccc(Cn2c(C)csc2=Nc2ccc([N+](=O)[O-])cc2)cc1. The number of hydrogen-bond acceptors (Lipinski definition) is 4. The highest BCUT2D eigenvalue weighted by Gasteiger charge is 2.05. The number of nitro groups is 1. The van der Waals surface area contributed by atoms with Gasteiger partial charge in [0.25, 0.3) is 5.69 Å². The summed E-state index contributed by atoms with van der Waals surface area (Å²) in [4.78, 5) is 15.8. The molecule has 1 aromatic heterocycles. The van der Waals surface area contributed by atoms with Crippen LogP contribution >= 0.6 is 11.3 Å². The summed E-state index contributed by atoms with van der Waals surface area (Å²) in [5, 5.41) is 12.8. The van der Waals surface area contributed by atoms with E-state index in [4.69, 9.17) is 0 Å². The van der Waals surface area contributed by atoms with Gasteiger partial charge in [-0.3, -0.25) is 10.1 Å². The second-order valence-corrected chi connectivity index (χ2v) is 6.45. The third kappa shape index (κ3) is 3.60. The molecule has 1 heterocycles. The van der Waals surface area contributed by atoms with Crippen molar-refractivity contribution in [2.75, 3.05) is 0 Å². The molecule has 0 saturated heterocycles. The smallest absolute Gasteiger partial charge is 0.269 e. The second kappa shape index (κ2) is 6.80. The number of aryl methyl sites for hydroxylation is 2. The van der Waals surface area contributed by atoms with Gasteiger partial charge in [-0.1, -0.05) is 29.8 Å². The molecule has 0 saturated carbocycles. The Morgan fingerprint density at radius 1 is 1.08 bits per heavy atom. The fraction of sp³-hybridized carbons (Fsp3) is 0.167. The predicted octanol–water partition coefficient (Wildman–Crippen LogP) is 4.36. The maximum atomic E-state index is 10.7. The average Bonchev–Trinajstić information content (AvgIpc) is 2.90. The average molecular weight is 339 g/mol. The standard InChI is InChI=1S/C18H17N3O2S/c1-13-3-5-15(6-4-13)11-20-14(2)12-24-18(20)19-16-7-9-17(10-8-16)21(22)23/h3-10,12H,11H2,1-2H3. The van der Waals surface area contributed by atoms with Gasteiger partial charge in [0.1, 0.15) is 0 Å². The highest BCUT2D eigenvalue weighted by atomic mass is 32.1. The Balaban J connectivity index is 1.94. The van der Waals surface area contributed by atoms with Gasteiger partial charge in [0, 0.05) is 23.2 Å². The van der Waals surface area contributed by atoms with E-state index in [1.165, 1.54) is 23.3 Å². The van der Waals surface area contributed by atoms with Crippen LogP contribution in [0.3, 0.4) is 0 Å². The summed E-state index contributed by atoms with van der Waals surface area (Å²) in [5.41, 5.74) is 4.37. The molecule has 0 fully saturated rings. The van der Waals surface area contributed by atoms with E-state index in [9.17, 15) is 10.1 Å². The van der Waals surface area contributed by atoms with E-state index < -0.39 is 4.92 Å². The molecule has 0 radical (unpaired) electrons. The number of thiazole rings is 1. The Kier molecular flexibility index (Phi) is 4.57. The quantitative estimate of drug-likeness (QED) is 0.524. The molecule has 0 amide bonds. The molecule has 6 heteroatoms. The molecule has 3 aromatic rings. The Labute approximate surface area is 143 Å². The first kappa shape index (κ1) is 16.1. The maximum absolute atomic E-state index is 10.7. The molecule has 0 unspecified atom stereocenters. The van der Waals surface area contributed by atoms with Gasteiger partial charge < -0.3 is 4.57 Å². The first-order valence-electron chi connectivity index (χ1n) is 7.52. The molecule has 122 valence electrons. The third-order valence-corrected chi connectivity index (χ3v) is 4.72. The van der Waals surface area contributed by atoms with Crippen molar-refractivity contribution in [1.82, 2.24) is 4.57 Å². The summed E-state index contributed by atoms with van der Waals surface area (Å²) in [6.07, 6.45) is 0. The van der Waals surface area contributed by atoms with E-state index in [1.807, 2.05) is 0 Å². The lowest BCUT2D eigenvalue weighted by atomic mass is 10.1. The predicted molar refractivity (Wildman–Crippen MR) is 95.6 cm³/mol. The molecular weight excluding hydrogens is 322 g/mol. The van der Waals surface area contributed by atoms with Crippen molar-refractivity contribution in [1.29, 1.82) is 0 Å². The van der Waals surface area contributed by atoms with Crippen molar-refractivity contribution in [3.05, 3.63) is 85.6 Å². The topological polar surface area (TPSA) is 60.4 Å². The molecule has 24 heavy (non-hydrogen) atoms. The number of aromatic nitrogens is 1. The number of benzene rings is 2. The summed E-state index contributed by atoms with van der Waals surface area (Å²) in [5.74, 6) is 0. The van der Waals surface area contributed by atoms with Crippen LogP contribution in [0.15, 0.2) is 58.9 Å². The van der Waals surface area contributed by atoms with Crippen LogP contribution < -0.4 is 4.80 Å². The van der Waals surface area contributed by atoms with E-state index in [0.717, 1.165) is 17.0 Å². The third-order valence-electron chi connectivity index (χ3n) is 3.74. The van der Waals surface area contributed by atoms with Crippen molar-refractivity contribution in [3.8, 4) is 0 Å². The zero-order valence-electron chi connectivity index (χ0n) is 13.5. The minimum Gasteiger partial charge on any atom is -0.317 e. The maximum Gasteiger partial charge on any atom is 0.269 e. The highest BCUT2D eigenvalue weighted by molar-refractivity contribution is 7.07. The van der Waals surface area contributed by atoms with E-state index in [2.05, 4.69) is 53.1 Å². The lowest BCUT2D eigenvalue weighted by Crippen LogP contribution is -2.16. The van der Waals surface area contributed by atoms with Gasteiger partial charge in [-0.2, -0.15) is 0 Å². The first-order valence-corrected chi connectivity index (χ1v) is 8.40. The lowest BCUT2D eigenvalue weighted by molar-refractivity contribution is -0.384. The van der Waals surface area contributed by atoms with Gasteiger partial charge in [-0.25, -0.2) is 4.99 Å². The highest BCUT2D eigenvalue weighted by Crippen LogP contribution is 2.18. The van der Waals surface area contributed by atoms with Crippen molar-refractivity contribution in [3.63, 3.8) is 0 Å². The van der Waals surface area contributed by atoms with Crippen molar-refractivity contribution in [2.45, 2.75) is 20.4 Å². The Morgan fingerprint density at radius 3 is 2.38 bits per heavy atom. The summed E-state index contributed by atoms with van der Waals surface area (Å²) < 4.78 is 2.15. The second-order valence-electron chi connectivity index (χ2n) is 5.62. The fourth-order valence-corrected chi connectivity index (χ4v) is 3.23. The molecule has 2 aromatic carbocycles. The van der Waals surface area contributed by atoms with Gasteiger partial charge in [0.05, 0.1) is 17.2 Å². The number of rotatable bonds is 4.